The third-order valence-corrected chi connectivity index (χ3v) is 18.3. The van der Waals surface area contributed by atoms with Gasteiger partial charge in [0.25, 0.3) is 0 Å². The van der Waals surface area contributed by atoms with Gasteiger partial charge in [-0.1, -0.05) is 62.3 Å². The minimum atomic E-state index is -1.99. The summed E-state index contributed by atoms with van der Waals surface area (Å²) in [5, 5.41) is 61.5. The molecule has 4 aliphatic heterocycles. The Morgan fingerprint density at radius 3 is 2.22 bits per heavy atom. The fourth-order valence-electron chi connectivity index (χ4n) is 12.9. The molecule has 0 bridgehead atoms. The molecule has 4 aliphatic rings. The van der Waals surface area contributed by atoms with E-state index in [1.807, 2.05) is 51.8 Å². The van der Waals surface area contributed by atoms with Gasteiger partial charge in [0.15, 0.2) is 12.6 Å². The maximum absolute atomic E-state index is 15.0. The normalized spacial score (nSPS) is 37.7. The minimum absolute atomic E-state index is 0.0809. The second-order valence-corrected chi connectivity index (χ2v) is 24.3. The van der Waals surface area contributed by atoms with Crippen LogP contribution >= 0.6 is 0 Å². The zero-order valence-electron chi connectivity index (χ0n) is 51.9. The van der Waals surface area contributed by atoms with E-state index in [0.717, 1.165) is 31.6 Å². The van der Waals surface area contributed by atoms with Crippen molar-refractivity contribution in [2.24, 2.45) is 28.8 Å². The zero-order valence-corrected chi connectivity index (χ0v) is 51.9. The number of halogens is 1. The Hall–Kier alpha value is -3.37. The molecule has 4 fully saturated rings. The van der Waals surface area contributed by atoms with E-state index < -0.39 is 133 Å². The molecule has 6 rings (SSSR count). The van der Waals surface area contributed by atoms with Crippen molar-refractivity contribution >= 4 is 11.7 Å². The van der Waals surface area contributed by atoms with E-state index >= 15 is 4.39 Å². The molecule has 474 valence electrons. The average Bonchev–Trinajstić information content (AvgIpc) is 4.01. The molecule has 0 spiro atoms. The van der Waals surface area contributed by atoms with Crippen LogP contribution in [-0.4, -0.2) is 218 Å². The molecule has 0 saturated carbocycles. The Bertz CT molecular complexity index is 2300. The summed E-state index contributed by atoms with van der Waals surface area (Å²) >= 11 is 0. The van der Waals surface area contributed by atoms with Crippen LogP contribution in [0.25, 0.3) is 0 Å². The maximum atomic E-state index is 15.0. The van der Waals surface area contributed by atoms with Gasteiger partial charge in [0, 0.05) is 91.0 Å². The molecule has 4 saturated heterocycles. The highest BCUT2D eigenvalue weighted by atomic mass is 19.1. The predicted molar refractivity (Wildman–Crippen MR) is 304 cm³/mol. The Balaban J connectivity index is 1.31. The van der Waals surface area contributed by atoms with E-state index in [9.17, 15) is 25.2 Å². The molecule has 5 heterocycles. The fraction of sp³-hybridized carbons (Fsp3) is 0.833. The number of oxime groups is 1. The number of alkyl halides is 1. The lowest BCUT2D eigenvalue weighted by Gasteiger charge is -2.50. The molecular weight excluding hydrogens is 1080 g/mol. The minimum Gasteiger partial charge on any atom is -0.459 e. The second-order valence-electron chi connectivity index (χ2n) is 24.3. The molecule has 20 atom stereocenters. The lowest BCUT2D eigenvalue weighted by Crippen LogP contribution is -2.61. The number of nitrogens with zero attached hydrogens (tertiary/aromatic N) is 5. The summed E-state index contributed by atoms with van der Waals surface area (Å²) in [6.45, 7) is 19.0. The molecule has 0 aliphatic carbocycles. The zero-order chi connectivity index (χ0) is 61.0. The highest BCUT2D eigenvalue weighted by molar-refractivity contribution is 5.88. The van der Waals surface area contributed by atoms with Gasteiger partial charge in [-0.25, -0.2) is 9.07 Å². The second kappa shape index (κ2) is 31.0. The van der Waals surface area contributed by atoms with Crippen LogP contribution < -0.4 is 0 Å². The third-order valence-electron chi connectivity index (χ3n) is 18.3. The standard InChI is InChI=1S/C60H100FN5O17/c1-16-47-60(10,71)53(68)37(4)49(63-78-34-77-28-27-72-12)35(2)30-59(9,75-15)55(38(5)51(39(6)56(70)81-47)82-48-31-58(8,74-14)54(69)40(7)80-48)83-57-50(67)45(29-36(3)79-57)65(11)24-21-44-33-66(64-62-44)46(32-61)52(73-13)43-19-17-41(18-20-43)42-22-25-76-26-23-42/h17-20,33,35-40,42,45-48,50-55,57,67-69,71H,16,21-32,34H2,1-15H3/b63-49+/t35-,36-,37+,38+,39-,40+,45+,46-,47-,48+,50-,51+,52-,53-,54+,55-,57+,58-,59-,60-/m1/s1. The van der Waals surface area contributed by atoms with Gasteiger partial charge < -0.3 is 82.3 Å². The summed E-state index contributed by atoms with van der Waals surface area (Å²) in [5.74, 6) is -3.64. The van der Waals surface area contributed by atoms with Crippen LogP contribution in [0.3, 0.4) is 0 Å². The number of hydrogen-bond donors (Lipinski definition) is 4. The molecule has 0 unspecified atom stereocenters. The summed E-state index contributed by atoms with van der Waals surface area (Å²) in [6.07, 6.45) is -6.28. The van der Waals surface area contributed by atoms with Crippen molar-refractivity contribution in [2.45, 2.75) is 217 Å². The SMILES string of the molecule is CC[C@H]1OC(=O)[C@H](C)[C@@H](O[C@H]2C[C@@](C)(OC)[C@@H](O)[C@H](C)O2)[C@H](C)[C@@H](O[C@@H]2O[C@H](C)C[C@H](N(C)CCc3cn([C@H](CF)[C@H](OC)c4ccc(C5CCOCC5)cc4)nn3)[C@H]2O)[C@](C)(OC)C[C@@H](C)/C(=N\OCOCCOC)[C@H](C)[C@@H](O)[C@]1(C)O. The van der Waals surface area contributed by atoms with Crippen LogP contribution in [0.2, 0.25) is 0 Å². The Labute approximate surface area is 491 Å². The number of aromatic nitrogens is 3. The summed E-state index contributed by atoms with van der Waals surface area (Å²) < 4.78 is 84.3. The number of aliphatic hydroxyl groups is 4. The fourth-order valence-corrected chi connectivity index (χ4v) is 12.9. The first-order valence-corrected chi connectivity index (χ1v) is 29.7. The van der Waals surface area contributed by atoms with Crippen molar-refractivity contribution in [3.05, 3.63) is 47.3 Å². The smallest absolute Gasteiger partial charge is 0.311 e. The molecule has 0 amide bonds. The number of benzene rings is 1. The van der Waals surface area contributed by atoms with Crippen molar-refractivity contribution < 1.29 is 86.6 Å². The van der Waals surface area contributed by atoms with E-state index in [0.29, 0.717) is 43.3 Å². The van der Waals surface area contributed by atoms with Gasteiger partial charge in [-0.2, -0.15) is 0 Å². The Kier molecular flexibility index (Phi) is 25.7. The number of cyclic esters (lactones) is 1. The van der Waals surface area contributed by atoms with Gasteiger partial charge in [-0.05, 0) is 97.7 Å². The summed E-state index contributed by atoms with van der Waals surface area (Å²) in [5.41, 5.74) is -1.37. The van der Waals surface area contributed by atoms with Gasteiger partial charge in [0.2, 0.25) is 6.79 Å². The molecular formula is C60H100FN5O17. The number of rotatable bonds is 23. The van der Waals surface area contributed by atoms with Gasteiger partial charge >= 0.3 is 5.97 Å². The quantitative estimate of drug-likeness (QED) is 0.0440. The highest BCUT2D eigenvalue weighted by Crippen LogP contribution is 2.43. The third kappa shape index (κ3) is 16.6. The molecule has 83 heavy (non-hydrogen) atoms. The lowest BCUT2D eigenvalue weighted by atomic mass is 9.73. The summed E-state index contributed by atoms with van der Waals surface area (Å²) in [6, 6.07) is 6.91. The first-order valence-electron chi connectivity index (χ1n) is 29.7. The Morgan fingerprint density at radius 2 is 1.59 bits per heavy atom. The van der Waals surface area contributed by atoms with E-state index in [2.05, 4.69) is 27.6 Å². The number of carbonyl (C=O) groups excluding carboxylic acids is 1. The highest BCUT2D eigenvalue weighted by Gasteiger charge is 2.54. The first-order chi connectivity index (χ1) is 39.4. The van der Waals surface area contributed by atoms with E-state index in [1.54, 1.807) is 62.1 Å². The number of ether oxygens (including phenoxy) is 11. The number of esters is 1. The van der Waals surface area contributed by atoms with Crippen LogP contribution in [0.15, 0.2) is 35.6 Å². The van der Waals surface area contributed by atoms with E-state index in [-0.39, 0.29) is 32.7 Å². The van der Waals surface area contributed by atoms with Gasteiger partial charge in [-0.15, -0.1) is 5.10 Å². The van der Waals surface area contributed by atoms with Crippen LogP contribution in [0.1, 0.15) is 143 Å². The number of carbonyl (C=O) groups is 1. The lowest BCUT2D eigenvalue weighted by molar-refractivity contribution is -0.319. The van der Waals surface area contributed by atoms with Crippen LogP contribution in [0, 0.1) is 23.7 Å². The monoisotopic (exact) mass is 1180 g/mol. The van der Waals surface area contributed by atoms with Crippen LogP contribution in [-0.2, 0) is 68.2 Å². The van der Waals surface area contributed by atoms with Gasteiger partial charge in [0.05, 0.1) is 72.3 Å². The molecule has 22 nitrogen and oxygen atoms in total. The summed E-state index contributed by atoms with van der Waals surface area (Å²) in [7, 11) is 8.07. The van der Waals surface area contributed by atoms with Crippen molar-refractivity contribution in [1.29, 1.82) is 0 Å². The van der Waals surface area contributed by atoms with Crippen molar-refractivity contribution in [1.82, 2.24) is 19.9 Å². The van der Waals surface area contributed by atoms with Gasteiger partial charge in [-0.3, -0.25) is 4.79 Å². The molecule has 4 N–H and O–H groups in total. The number of aliphatic hydroxyl groups excluding tert-OH is 3. The average molecular weight is 1180 g/mol. The first kappa shape index (κ1) is 68.7. The maximum Gasteiger partial charge on any atom is 0.311 e. The molecule has 1 aromatic carbocycles. The largest absolute Gasteiger partial charge is 0.459 e. The van der Waals surface area contributed by atoms with Crippen molar-refractivity contribution in [2.75, 3.05) is 81.9 Å². The molecule has 1 aromatic heterocycles. The van der Waals surface area contributed by atoms with Crippen LogP contribution in [0.4, 0.5) is 4.39 Å². The molecule has 2 aromatic rings. The number of hydrogen-bond acceptors (Lipinski definition) is 21. The van der Waals surface area contributed by atoms with E-state index in [4.69, 9.17) is 56.9 Å². The number of likely N-dealkylation sites (N-methyl/N-ethyl adjacent to an activating group) is 1. The van der Waals surface area contributed by atoms with Crippen molar-refractivity contribution in [3.8, 4) is 0 Å². The topological polar surface area (TPSA) is 255 Å². The summed E-state index contributed by atoms with van der Waals surface area (Å²) in [4.78, 5) is 22.5. The Morgan fingerprint density at radius 1 is 0.904 bits per heavy atom. The van der Waals surface area contributed by atoms with E-state index in [1.165, 1.54) is 24.3 Å². The van der Waals surface area contributed by atoms with Gasteiger partial charge in [0.1, 0.15) is 42.7 Å². The van der Waals surface area contributed by atoms with Crippen LogP contribution in [0.5, 0.6) is 0 Å². The number of methoxy groups -OCH3 is 4. The molecule has 23 heteroatoms. The van der Waals surface area contributed by atoms with Crippen molar-refractivity contribution in [3.63, 3.8) is 0 Å². The molecule has 0 radical (unpaired) electrons. The predicted octanol–water partition coefficient (Wildman–Crippen LogP) is 5.86.